The normalized spacial score (nSPS) is 15.4. The van der Waals surface area contributed by atoms with Gasteiger partial charge in [-0.3, -0.25) is 0 Å². The lowest BCUT2D eigenvalue weighted by Crippen LogP contribution is -2.42. The van der Waals surface area contributed by atoms with Gasteiger partial charge in [-0.05, 0) is 25.3 Å². The van der Waals surface area contributed by atoms with Gasteiger partial charge in [-0.1, -0.05) is 41.7 Å². The van der Waals surface area contributed by atoms with Gasteiger partial charge in [0.05, 0.1) is 11.5 Å². The maximum Gasteiger partial charge on any atom is 0.409 e. The average Bonchev–Trinajstić information content (AvgIpc) is 3.05. The fourth-order valence-corrected chi connectivity index (χ4v) is 3.57. The molecule has 0 saturated carbocycles. The molecule has 0 atom stereocenters. The van der Waals surface area contributed by atoms with Crippen LogP contribution in [0.1, 0.15) is 19.8 Å². The molecule has 2 aromatic rings. The molecule has 0 bridgehead atoms. The van der Waals surface area contributed by atoms with Crippen LogP contribution in [0.2, 0.25) is 0 Å². The number of piperidine rings is 1. The second-order valence-electron chi connectivity index (χ2n) is 5.50. The standard InChI is InChI=1S/C17H21N3O2S/c1-2-22-17(21)20-10-8-14(9-11-20)19-16-18-12-15(23-16)13-6-4-3-5-7-13/h3-7,12,14H,2,8-11H2,1H3,(H,18,19). The summed E-state index contributed by atoms with van der Waals surface area (Å²) in [5.41, 5.74) is 1.19. The smallest absolute Gasteiger partial charge is 0.409 e. The third-order valence-electron chi connectivity index (χ3n) is 3.91. The molecule has 5 nitrogen and oxygen atoms in total. The van der Waals surface area contributed by atoms with Gasteiger partial charge in [-0.25, -0.2) is 9.78 Å². The Morgan fingerprint density at radius 3 is 2.78 bits per heavy atom. The van der Waals surface area contributed by atoms with Crippen LogP contribution in [0.4, 0.5) is 9.93 Å². The molecule has 1 aliphatic rings. The Labute approximate surface area is 140 Å². The number of thiazole rings is 1. The quantitative estimate of drug-likeness (QED) is 0.925. The van der Waals surface area contributed by atoms with E-state index in [0.717, 1.165) is 35.9 Å². The summed E-state index contributed by atoms with van der Waals surface area (Å²) >= 11 is 1.67. The summed E-state index contributed by atoms with van der Waals surface area (Å²) in [4.78, 5) is 19.1. The van der Waals surface area contributed by atoms with Gasteiger partial charge in [0.25, 0.3) is 0 Å². The second kappa shape index (κ2) is 7.46. The van der Waals surface area contributed by atoms with Gasteiger partial charge in [0.1, 0.15) is 0 Å². The van der Waals surface area contributed by atoms with E-state index in [4.69, 9.17) is 4.74 Å². The number of likely N-dealkylation sites (tertiary alicyclic amines) is 1. The third-order valence-corrected chi connectivity index (χ3v) is 4.89. The SMILES string of the molecule is CCOC(=O)N1CCC(Nc2ncc(-c3ccccc3)s2)CC1. The number of ether oxygens (including phenoxy) is 1. The Bertz CT molecular complexity index is 636. The molecule has 23 heavy (non-hydrogen) atoms. The molecule has 0 radical (unpaired) electrons. The molecule has 1 saturated heterocycles. The van der Waals surface area contributed by atoms with Gasteiger partial charge >= 0.3 is 6.09 Å². The number of hydrogen-bond acceptors (Lipinski definition) is 5. The van der Waals surface area contributed by atoms with Gasteiger partial charge in [-0.15, -0.1) is 0 Å². The third kappa shape index (κ3) is 4.01. The van der Waals surface area contributed by atoms with Crippen LogP contribution in [0.15, 0.2) is 36.5 Å². The maximum absolute atomic E-state index is 11.7. The Morgan fingerprint density at radius 1 is 1.35 bits per heavy atom. The summed E-state index contributed by atoms with van der Waals surface area (Å²) in [6.07, 6.45) is 3.54. The molecule has 6 heteroatoms. The topological polar surface area (TPSA) is 54.5 Å². The first-order chi connectivity index (χ1) is 11.3. The van der Waals surface area contributed by atoms with Gasteiger partial charge in [0.2, 0.25) is 0 Å². The first-order valence-electron chi connectivity index (χ1n) is 7.95. The Balaban J connectivity index is 1.53. The zero-order valence-electron chi connectivity index (χ0n) is 13.2. The molecule has 1 aromatic carbocycles. The number of amides is 1. The molecule has 1 amide bonds. The number of nitrogens with one attached hydrogen (secondary N) is 1. The largest absolute Gasteiger partial charge is 0.450 e. The van der Waals surface area contributed by atoms with E-state index in [1.54, 1.807) is 16.2 Å². The van der Waals surface area contributed by atoms with E-state index in [1.807, 2.05) is 31.3 Å². The summed E-state index contributed by atoms with van der Waals surface area (Å²) < 4.78 is 5.04. The lowest BCUT2D eigenvalue weighted by molar-refractivity contribution is 0.0983. The van der Waals surface area contributed by atoms with E-state index in [0.29, 0.717) is 12.6 Å². The van der Waals surface area contributed by atoms with Crippen molar-refractivity contribution in [1.29, 1.82) is 0 Å². The average molecular weight is 331 g/mol. The number of benzene rings is 1. The molecule has 2 heterocycles. The van der Waals surface area contributed by atoms with Crippen LogP contribution in [0.5, 0.6) is 0 Å². The summed E-state index contributed by atoms with van der Waals surface area (Å²) in [6.45, 7) is 3.72. The zero-order valence-corrected chi connectivity index (χ0v) is 14.0. The highest BCUT2D eigenvalue weighted by Crippen LogP contribution is 2.29. The van der Waals surface area contributed by atoms with Crippen LogP contribution in [0, 0.1) is 0 Å². The van der Waals surface area contributed by atoms with Gasteiger partial charge in [0.15, 0.2) is 5.13 Å². The maximum atomic E-state index is 11.7. The number of hydrogen-bond donors (Lipinski definition) is 1. The highest BCUT2D eigenvalue weighted by Gasteiger charge is 2.23. The number of anilines is 1. The first-order valence-corrected chi connectivity index (χ1v) is 8.77. The minimum absolute atomic E-state index is 0.202. The van der Waals surface area contributed by atoms with Crippen molar-refractivity contribution in [2.75, 3.05) is 25.0 Å². The Morgan fingerprint density at radius 2 is 2.09 bits per heavy atom. The van der Waals surface area contributed by atoms with Gasteiger partial charge < -0.3 is 15.0 Å². The van der Waals surface area contributed by atoms with Crippen molar-refractivity contribution < 1.29 is 9.53 Å². The van der Waals surface area contributed by atoms with Crippen LogP contribution in [0.3, 0.4) is 0 Å². The van der Waals surface area contributed by atoms with Crippen molar-refractivity contribution in [2.24, 2.45) is 0 Å². The van der Waals surface area contributed by atoms with E-state index >= 15 is 0 Å². The fourth-order valence-electron chi connectivity index (χ4n) is 2.67. The van der Waals surface area contributed by atoms with Crippen LogP contribution in [0.25, 0.3) is 10.4 Å². The number of nitrogens with zero attached hydrogens (tertiary/aromatic N) is 2. The Hall–Kier alpha value is -2.08. The number of carbonyl (C=O) groups is 1. The van der Waals surface area contributed by atoms with Crippen molar-refractivity contribution >= 4 is 22.6 Å². The predicted molar refractivity (Wildman–Crippen MR) is 92.8 cm³/mol. The summed E-state index contributed by atoms with van der Waals surface area (Å²) in [5.74, 6) is 0. The van der Waals surface area contributed by atoms with Gasteiger partial charge in [-0.2, -0.15) is 0 Å². The highest BCUT2D eigenvalue weighted by atomic mass is 32.1. The van der Waals surface area contributed by atoms with Crippen molar-refractivity contribution in [3.63, 3.8) is 0 Å². The van der Waals surface area contributed by atoms with Crippen molar-refractivity contribution in [2.45, 2.75) is 25.8 Å². The summed E-state index contributed by atoms with van der Waals surface area (Å²) in [7, 11) is 0. The molecule has 1 N–H and O–H groups in total. The highest BCUT2D eigenvalue weighted by molar-refractivity contribution is 7.18. The molecule has 0 unspecified atom stereocenters. The van der Waals surface area contributed by atoms with Gasteiger partial charge in [0, 0.05) is 25.3 Å². The number of carbonyl (C=O) groups excluding carboxylic acids is 1. The van der Waals surface area contributed by atoms with Crippen molar-refractivity contribution in [3.05, 3.63) is 36.5 Å². The van der Waals surface area contributed by atoms with Crippen molar-refractivity contribution in [3.8, 4) is 10.4 Å². The molecule has 1 aromatic heterocycles. The fraction of sp³-hybridized carbons (Fsp3) is 0.412. The van der Waals surface area contributed by atoms with Crippen LogP contribution in [-0.4, -0.2) is 41.7 Å². The predicted octanol–water partition coefficient (Wildman–Crippen LogP) is 3.84. The zero-order chi connectivity index (χ0) is 16.1. The number of aromatic nitrogens is 1. The molecule has 1 fully saturated rings. The van der Waals surface area contributed by atoms with Crippen LogP contribution >= 0.6 is 11.3 Å². The Kier molecular flexibility index (Phi) is 5.12. The number of rotatable bonds is 4. The van der Waals surface area contributed by atoms with E-state index in [2.05, 4.69) is 22.4 Å². The molecule has 0 aliphatic carbocycles. The lowest BCUT2D eigenvalue weighted by Gasteiger charge is -2.31. The van der Waals surface area contributed by atoms with Crippen LogP contribution < -0.4 is 5.32 Å². The molecule has 122 valence electrons. The summed E-state index contributed by atoms with van der Waals surface area (Å²) in [5, 5.41) is 4.43. The molecule has 0 spiro atoms. The van der Waals surface area contributed by atoms with E-state index in [-0.39, 0.29) is 6.09 Å². The minimum Gasteiger partial charge on any atom is -0.450 e. The van der Waals surface area contributed by atoms with Crippen molar-refractivity contribution in [1.82, 2.24) is 9.88 Å². The molecule has 3 rings (SSSR count). The van der Waals surface area contributed by atoms with E-state index < -0.39 is 0 Å². The molecular formula is C17H21N3O2S. The monoisotopic (exact) mass is 331 g/mol. The minimum atomic E-state index is -0.202. The first kappa shape index (κ1) is 15.8. The van der Waals surface area contributed by atoms with Crippen LogP contribution in [-0.2, 0) is 4.74 Å². The van der Waals surface area contributed by atoms with E-state index in [9.17, 15) is 4.79 Å². The molecule has 1 aliphatic heterocycles. The summed E-state index contributed by atoms with van der Waals surface area (Å²) in [6, 6.07) is 10.6. The second-order valence-corrected chi connectivity index (χ2v) is 6.53. The van der Waals surface area contributed by atoms with E-state index in [1.165, 1.54) is 5.56 Å². The molecular weight excluding hydrogens is 310 g/mol. The lowest BCUT2D eigenvalue weighted by atomic mass is 10.1.